The van der Waals surface area contributed by atoms with Crippen molar-refractivity contribution < 1.29 is 10.0 Å². The summed E-state index contributed by atoms with van der Waals surface area (Å²) in [5, 5.41) is 15.6. The number of amides is 1. The zero-order valence-electron chi connectivity index (χ0n) is 12.8. The quantitative estimate of drug-likeness (QED) is 0.663. The zero-order valence-corrected chi connectivity index (χ0v) is 12.8. The summed E-state index contributed by atoms with van der Waals surface area (Å²) >= 11 is 0. The Morgan fingerprint density at radius 3 is 2.71 bits per heavy atom. The lowest BCUT2D eigenvalue weighted by molar-refractivity contribution is -0.122. The van der Waals surface area contributed by atoms with Crippen LogP contribution in [0.2, 0.25) is 0 Å². The van der Waals surface area contributed by atoms with Crippen molar-refractivity contribution in [3.8, 4) is 0 Å². The molecule has 1 aliphatic heterocycles. The van der Waals surface area contributed by atoms with E-state index in [0.717, 1.165) is 24.2 Å². The van der Waals surface area contributed by atoms with E-state index < -0.39 is 0 Å². The van der Waals surface area contributed by atoms with Gasteiger partial charge < -0.3 is 15.4 Å². The minimum Gasteiger partial charge on any atom is -0.411 e. The fraction of sp³-hybridized carbons (Fsp3) is 0.500. The van der Waals surface area contributed by atoms with Gasteiger partial charge in [-0.15, -0.1) is 0 Å². The fourth-order valence-electron chi connectivity index (χ4n) is 2.69. The highest BCUT2D eigenvalue weighted by Crippen LogP contribution is 2.28. The number of nitrogens with one attached hydrogen (secondary N) is 1. The Morgan fingerprint density at radius 2 is 2.05 bits per heavy atom. The van der Waals surface area contributed by atoms with Gasteiger partial charge in [-0.2, -0.15) is 0 Å². The third-order valence-corrected chi connectivity index (χ3v) is 3.74. The molecule has 1 aromatic rings. The normalized spacial score (nSPS) is 18.3. The molecule has 5 heteroatoms. The van der Waals surface area contributed by atoms with E-state index in [2.05, 4.69) is 15.4 Å². The largest absolute Gasteiger partial charge is 0.411 e. The second kappa shape index (κ2) is 6.61. The molecule has 1 aromatic carbocycles. The van der Waals surface area contributed by atoms with E-state index in [1.54, 1.807) is 0 Å². The number of hydrogen-bond donors (Lipinski definition) is 2. The van der Waals surface area contributed by atoms with E-state index in [4.69, 9.17) is 0 Å². The van der Waals surface area contributed by atoms with Gasteiger partial charge in [0.1, 0.15) is 6.04 Å². The first-order valence-electron chi connectivity index (χ1n) is 7.42. The van der Waals surface area contributed by atoms with Gasteiger partial charge in [0.2, 0.25) is 5.91 Å². The molecule has 0 aliphatic carbocycles. The molecule has 2 rings (SSSR count). The van der Waals surface area contributed by atoms with Crippen LogP contribution in [0.25, 0.3) is 0 Å². The van der Waals surface area contributed by atoms with Gasteiger partial charge in [0, 0.05) is 23.8 Å². The highest BCUT2D eigenvalue weighted by atomic mass is 16.4. The second-order valence-corrected chi connectivity index (χ2v) is 5.70. The number of hydrogen-bond acceptors (Lipinski definition) is 4. The molecule has 1 unspecified atom stereocenters. The minimum absolute atomic E-state index is 0.0178. The first kappa shape index (κ1) is 15.4. The van der Waals surface area contributed by atoms with Gasteiger partial charge in [-0.25, -0.2) is 0 Å². The van der Waals surface area contributed by atoms with E-state index in [0.29, 0.717) is 12.1 Å². The molecule has 1 amide bonds. The minimum atomic E-state index is -0.258. The van der Waals surface area contributed by atoms with Gasteiger partial charge in [0.25, 0.3) is 0 Å². The van der Waals surface area contributed by atoms with Crippen molar-refractivity contribution in [2.75, 3.05) is 11.4 Å². The summed E-state index contributed by atoms with van der Waals surface area (Å²) in [6.07, 6.45) is 1.57. The Morgan fingerprint density at radius 1 is 1.33 bits per heavy atom. The topological polar surface area (TPSA) is 64.9 Å². The van der Waals surface area contributed by atoms with Crippen molar-refractivity contribution in [2.45, 2.75) is 45.7 Å². The first-order chi connectivity index (χ1) is 10.0. The molecule has 0 fully saturated rings. The molecular formula is C16H23N3O2. The van der Waals surface area contributed by atoms with Crippen molar-refractivity contribution in [2.24, 2.45) is 5.16 Å². The van der Waals surface area contributed by atoms with Gasteiger partial charge in [-0.05, 0) is 39.7 Å². The van der Waals surface area contributed by atoms with Crippen LogP contribution in [-0.2, 0) is 4.79 Å². The Balaban J connectivity index is 2.33. The van der Waals surface area contributed by atoms with Crippen molar-refractivity contribution >= 4 is 17.3 Å². The molecule has 1 atom stereocenters. The molecule has 0 aromatic heterocycles. The molecule has 1 heterocycles. The second-order valence-electron chi connectivity index (χ2n) is 5.70. The molecule has 21 heavy (non-hydrogen) atoms. The van der Waals surface area contributed by atoms with Gasteiger partial charge in [-0.3, -0.25) is 4.79 Å². The lowest BCUT2D eigenvalue weighted by atomic mass is 10.1. The number of nitrogens with zero attached hydrogens (tertiary/aromatic N) is 2. The predicted molar refractivity (Wildman–Crippen MR) is 84.1 cm³/mol. The van der Waals surface area contributed by atoms with Crippen LogP contribution in [0, 0.1) is 0 Å². The molecule has 1 aliphatic rings. The van der Waals surface area contributed by atoms with E-state index >= 15 is 0 Å². The highest BCUT2D eigenvalue weighted by Gasteiger charge is 2.27. The average molecular weight is 289 g/mol. The smallest absolute Gasteiger partial charge is 0.242 e. The number of para-hydroxylation sites is 1. The van der Waals surface area contributed by atoms with Crippen LogP contribution in [0.3, 0.4) is 0 Å². The van der Waals surface area contributed by atoms with Crippen LogP contribution in [0.15, 0.2) is 29.4 Å². The Bertz CT molecular complexity index is 540. The third kappa shape index (κ3) is 3.35. The van der Waals surface area contributed by atoms with E-state index in [-0.39, 0.29) is 18.0 Å². The van der Waals surface area contributed by atoms with Crippen LogP contribution < -0.4 is 10.2 Å². The van der Waals surface area contributed by atoms with Crippen molar-refractivity contribution in [1.29, 1.82) is 0 Å². The predicted octanol–water partition coefficient (Wildman–Crippen LogP) is 2.38. The van der Waals surface area contributed by atoms with E-state index in [1.165, 1.54) is 0 Å². The van der Waals surface area contributed by atoms with Crippen LogP contribution in [0.5, 0.6) is 0 Å². The van der Waals surface area contributed by atoms with E-state index in [9.17, 15) is 10.0 Å². The van der Waals surface area contributed by atoms with Crippen molar-refractivity contribution in [3.63, 3.8) is 0 Å². The summed E-state index contributed by atoms with van der Waals surface area (Å²) in [6.45, 7) is 6.59. The summed E-state index contributed by atoms with van der Waals surface area (Å²) in [5.41, 5.74) is 2.54. The molecule has 0 saturated heterocycles. The van der Waals surface area contributed by atoms with Gasteiger partial charge in [0.15, 0.2) is 0 Å². The zero-order chi connectivity index (χ0) is 15.4. The van der Waals surface area contributed by atoms with Crippen LogP contribution in [0.1, 0.15) is 39.2 Å². The number of oxime groups is 1. The number of carbonyl (C=O) groups excluding carboxylic acids is 1. The highest BCUT2D eigenvalue weighted by molar-refractivity contribution is 6.06. The number of carbonyl (C=O) groups is 1. The molecule has 5 nitrogen and oxygen atoms in total. The Hall–Kier alpha value is -2.04. The molecule has 114 valence electrons. The number of anilines is 1. The Kier molecular flexibility index (Phi) is 4.83. The van der Waals surface area contributed by atoms with Crippen LogP contribution >= 0.6 is 0 Å². The maximum atomic E-state index is 12.3. The van der Waals surface area contributed by atoms with E-state index in [1.807, 2.05) is 45.0 Å². The molecule has 0 spiro atoms. The molecule has 0 saturated carbocycles. The molecule has 0 bridgehead atoms. The number of fused-ring (bicyclic) bond motifs is 1. The number of rotatable bonds is 3. The third-order valence-electron chi connectivity index (χ3n) is 3.74. The fourth-order valence-corrected chi connectivity index (χ4v) is 2.69. The maximum Gasteiger partial charge on any atom is 0.242 e. The Labute approximate surface area is 125 Å². The average Bonchev–Trinajstić information content (AvgIpc) is 2.65. The van der Waals surface area contributed by atoms with Gasteiger partial charge >= 0.3 is 0 Å². The van der Waals surface area contributed by atoms with Crippen LogP contribution in [0.4, 0.5) is 5.69 Å². The lowest BCUT2D eigenvalue weighted by Crippen LogP contribution is -2.47. The first-order valence-corrected chi connectivity index (χ1v) is 7.42. The van der Waals surface area contributed by atoms with Gasteiger partial charge in [-0.1, -0.05) is 23.4 Å². The maximum absolute atomic E-state index is 12.3. The summed E-state index contributed by atoms with van der Waals surface area (Å²) in [7, 11) is 0. The van der Waals surface area contributed by atoms with Crippen LogP contribution in [-0.4, -0.2) is 35.5 Å². The van der Waals surface area contributed by atoms with Crippen molar-refractivity contribution in [3.05, 3.63) is 29.8 Å². The SMILES string of the molecule is CC(C)NC(=O)C(C)N1CCC/C(=N/O)c2ccccc21. The molecular weight excluding hydrogens is 266 g/mol. The molecule has 2 N–H and O–H groups in total. The number of benzene rings is 1. The van der Waals surface area contributed by atoms with Gasteiger partial charge in [0.05, 0.1) is 5.71 Å². The van der Waals surface area contributed by atoms with Crippen molar-refractivity contribution in [1.82, 2.24) is 5.32 Å². The summed E-state index contributed by atoms with van der Waals surface area (Å²) in [4.78, 5) is 14.4. The lowest BCUT2D eigenvalue weighted by Gasteiger charge is -2.31. The molecule has 0 radical (unpaired) electrons. The summed E-state index contributed by atoms with van der Waals surface area (Å²) < 4.78 is 0. The monoisotopic (exact) mass is 289 g/mol. The standard InChI is InChI=1S/C16H23N3O2/c1-11(2)17-16(20)12(3)19-10-6-8-14(18-21)13-7-4-5-9-15(13)19/h4-5,7,9,11-12,21H,6,8,10H2,1-3H3,(H,17,20)/b18-14-. The summed E-state index contributed by atoms with van der Waals surface area (Å²) in [6, 6.07) is 7.65. The summed E-state index contributed by atoms with van der Waals surface area (Å²) in [5.74, 6) is 0.0178.